The van der Waals surface area contributed by atoms with E-state index in [0.29, 0.717) is 25.1 Å². The maximum Gasteiger partial charge on any atom is 0.303 e. The predicted octanol–water partition coefficient (Wildman–Crippen LogP) is 4.48. The molecule has 0 saturated carbocycles. The van der Waals surface area contributed by atoms with Crippen molar-refractivity contribution >= 4 is 11.9 Å². The number of rotatable bonds is 11. The lowest BCUT2D eigenvalue weighted by molar-refractivity contribution is -0.145. The maximum atomic E-state index is 12.1. The first-order valence-corrected chi connectivity index (χ1v) is 11.3. The molecule has 3 rings (SSSR count). The van der Waals surface area contributed by atoms with Gasteiger partial charge in [-0.3, -0.25) is 9.59 Å². The molecule has 0 radical (unpaired) electrons. The van der Waals surface area contributed by atoms with Crippen LogP contribution in [0.5, 0.6) is 5.75 Å². The Bertz CT molecular complexity index is 966. The summed E-state index contributed by atoms with van der Waals surface area (Å²) in [6.07, 6.45) is 3.10. The number of amides is 1. The molecule has 1 aliphatic rings. The van der Waals surface area contributed by atoms with Crippen LogP contribution < -0.4 is 10.1 Å². The van der Waals surface area contributed by atoms with E-state index >= 15 is 0 Å². The topological polar surface area (TPSA) is 77.2 Å². The van der Waals surface area contributed by atoms with Crippen LogP contribution >= 0.6 is 0 Å². The van der Waals surface area contributed by atoms with E-state index in [1.54, 1.807) is 12.1 Å². The number of esters is 1. The lowest BCUT2D eigenvalue weighted by atomic mass is 10.0. The third-order valence-electron chi connectivity index (χ3n) is 5.72. The number of carbonyl (C=O) groups is 2. The van der Waals surface area contributed by atoms with Crippen LogP contribution in [0.4, 0.5) is 0 Å². The molecule has 2 aromatic rings. The molecule has 6 heteroatoms. The predicted molar refractivity (Wildman–Crippen MR) is 127 cm³/mol. The first-order chi connectivity index (χ1) is 15.7. The SMILES string of the molecule is CC(=O)O[C@@H](C[C@@H]1OC1(C)C)/C(C)=C/COc1ccc(CCNC(=O)c2ccccc2)cc1. The summed E-state index contributed by atoms with van der Waals surface area (Å²) in [5, 5.41) is 2.93. The van der Waals surface area contributed by atoms with E-state index in [1.807, 2.05) is 69.3 Å². The molecular formula is C27H33NO5. The average molecular weight is 452 g/mol. The fourth-order valence-corrected chi connectivity index (χ4v) is 3.55. The summed E-state index contributed by atoms with van der Waals surface area (Å²) in [6, 6.07) is 17.0. The summed E-state index contributed by atoms with van der Waals surface area (Å²) in [4.78, 5) is 23.6. The van der Waals surface area contributed by atoms with Crippen molar-refractivity contribution in [3.8, 4) is 5.75 Å². The number of nitrogens with one attached hydrogen (secondary N) is 1. The summed E-state index contributed by atoms with van der Waals surface area (Å²) < 4.78 is 17.0. The van der Waals surface area contributed by atoms with Gasteiger partial charge in [0.15, 0.2) is 0 Å². The summed E-state index contributed by atoms with van der Waals surface area (Å²) in [7, 11) is 0. The molecule has 33 heavy (non-hydrogen) atoms. The highest BCUT2D eigenvalue weighted by Crippen LogP contribution is 2.39. The Hall–Kier alpha value is -3.12. The van der Waals surface area contributed by atoms with Gasteiger partial charge in [-0.05, 0) is 68.7 Å². The number of hydrogen-bond acceptors (Lipinski definition) is 5. The first-order valence-electron chi connectivity index (χ1n) is 11.3. The summed E-state index contributed by atoms with van der Waals surface area (Å²) in [5.74, 6) is 0.385. The molecule has 1 heterocycles. The van der Waals surface area contributed by atoms with Crippen LogP contribution in [-0.4, -0.2) is 42.8 Å². The Kier molecular flexibility index (Phi) is 8.28. The molecule has 0 spiro atoms. The summed E-state index contributed by atoms with van der Waals surface area (Å²) in [6.45, 7) is 8.38. The van der Waals surface area contributed by atoms with E-state index in [9.17, 15) is 9.59 Å². The highest BCUT2D eigenvalue weighted by molar-refractivity contribution is 5.94. The number of benzene rings is 2. The number of ether oxygens (including phenoxy) is 3. The van der Waals surface area contributed by atoms with Crippen LogP contribution in [0, 0.1) is 0 Å². The molecule has 0 aromatic heterocycles. The Morgan fingerprint density at radius 3 is 2.36 bits per heavy atom. The van der Waals surface area contributed by atoms with Crippen molar-refractivity contribution in [3.05, 3.63) is 77.4 Å². The van der Waals surface area contributed by atoms with Crippen molar-refractivity contribution in [1.82, 2.24) is 5.32 Å². The minimum atomic E-state index is -0.314. The monoisotopic (exact) mass is 451 g/mol. The zero-order valence-corrected chi connectivity index (χ0v) is 19.8. The van der Waals surface area contributed by atoms with Crippen LogP contribution in [0.3, 0.4) is 0 Å². The zero-order valence-electron chi connectivity index (χ0n) is 19.8. The Labute approximate surface area is 195 Å². The van der Waals surface area contributed by atoms with E-state index in [0.717, 1.165) is 23.3 Å². The van der Waals surface area contributed by atoms with E-state index in [1.165, 1.54) is 6.92 Å². The fourth-order valence-electron chi connectivity index (χ4n) is 3.55. The van der Waals surface area contributed by atoms with E-state index in [2.05, 4.69) is 5.32 Å². The molecule has 6 nitrogen and oxygen atoms in total. The molecule has 1 amide bonds. The molecule has 1 saturated heterocycles. The first kappa shape index (κ1) is 24.5. The van der Waals surface area contributed by atoms with Gasteiger partial charge in [0.2, 0.25) is 0 Å². The molecule has 2 aromatic carbocycles. The van der Waals surface area contributed by atoms with Gasteiger partial charge in [-0.25, -0.2) is 0 Å². The standard InChI is InChI=1S/C27H33NO5/c1-19(24(32-20(2)29)18-25-27(3,4)33-25)15-17-31-23-12-10-21(11-13-23)14-16-28-26(30)22-8-6-5-7-9-22/h5-13,15,24-25H,14,16-18H2,1-4H3,(H,28,30)/b19-15+/t24-,25-/m0/s1. The molecule has 2 atom stereocenters. The number of epoxide rings is 1. The molecule has 1 aliphatic heterocycles. The molecule has 0 bridgehead atoms. The van der Waals surface area contributed by atoms with Gasteiger partial charge >= 0.3 is 5.97 Å². The Morgan fingerprint density at radius 1 is 1.09 bits per heavy atom. The van der Waals surface area contributed by atoms with Gasteiger partial charge in [-0.2, -0.15) is 0 Å². The smallest absolute Gasteiger partial charge is 0.303 e. The van der Waals surface area contributed by atoms with Crippen LogP contribution in [-0.2, 0) is 20.7 Å². The lowest BCUT2D eigenvalue weighted by Gasteiger charge is -2.17. The fraction of sp³-hybridized carbons (Fsp3) is 0.407. The highest BCUT2D eigenvalue weighted by atomic mass is 16.6. The second-order valence-corrected chi connectivity index (χ2v) is 8.82. The molecule has 1 fully saturated rings. The highest BCUT2D eigenvalue weighted by Gasteiger charge is 2.49. The molecule has 0 aliphatic carbocycles. The van der Waals surface area contributed by atoms with Crippen LogP contribution in [0.2, 0.25) is 0 Å². The third-order valence-corrected chi connectivity index (χ3v) is 5.72. The van der Waals surface area contributed by atoms with Gasteiger partial charge in [-0.15, -0.1) is 0 Å². The van der Waals surface area contributed by atoms with Gasteiger partial charge < -0.3 is 19.5 Å². The minimum Gasteiger partial charge on any atom is -0.490 e. The normalized spacial score (nSPS) is 17.7. The van der Waals surface area contributed by atoms with Crippen molar-refractivity contribution in [2.75, 3.05) is 13.2 Å². The average Bonchev–Trinajstić information content (AvgIpc) is 3.40. The second-order valence-electron chi connectivity index (χ2n) is 8.82. The minimum absolute atomic E-state index is 0.0680. The molecule has 176 valence electrons. The van der Waals surface area contributed by atoms with Crippen molar-refractivity contribution in [1.29, 1.82) is 0 Å². The van der Waals surface area contributed by atoms with Gasteiger partial charge in [0.25, 0.3) is 5.91 Å². The van der Waals surface area contributed by atoms with Crippen molar-refractivity contribution in [2.24, 2.45) is 0 Å². The van der Waals surface area contributed by atoms with Gasteiger partial charge in [0.05, 0.1) is 11.7 Å². The maximum absolute atomic E-state index is 12.1. The largest absolute Gasteiger partial charge is 0.490 e. The van der Waals surface area contributed by atoms with E-state index in [-0.39, 0.29) is 29.7 Å². The van der Waals surface area contributed by atoms with Crippen LogP contribution in [0.1, 0.15) is 50.0 Å². The van der Waals surface area contributed by atoms with Gasteiger partial charge in [-0.1, -0.05) is 30.3 Å². The lowest BCUT2D eigenvalue weighted by Crippen LogP contribution is -2.25. The third kappa shape index (κ3) is 7.75. The number of carbonyl (C=O) groups excluding carboxylic acids is 2. The molecular weight excluding hydrogens is 418 g/mol. The van der Waals surface area contributed by atoms with E-state index in [4.69, 9.17) is 14.2 Å². The van der Waals surface area contributed by atoms with Crippen molar-refractivity contribution in [3.63, 3.8) is 0 Å². The van der Waals surface area contributed by atoms with Crippen molar-refractivity contribution < 1.29 is 23.8 Å². The number of hydrogen-bond donors (Lipinski definition) is 1. The summed E-state index contributed by atoms with van der Waals surface area (Å²) in [5.41, 5.74) is 2.57. The Morgan fingerprint density at radius 2 is 1.76 bits per heavy atom. The summed E-state index contributed by atoms with van der Waals surface area (Å²) >= 11 is 0. The quantitative estimate of drug-likeness (QED) is 0.310. The molecule has 1 N–H and O–H groups in total. The second kappa shape index (κ2) is 11.1. The zero-order chi connectivity index (χ0) is 23.8. The van der Waals surface area contributed by atoms with Gasteiger partial charge in [0, 0.05) is 25.5 Å². The Balaban J connectivity index is 1.43. The van der Waals surface area contributed by atoms with Gasteiger partial charge in [0.1, 0.15) is 18.5 Å². The molecule has 0 unspecified atom stereocenters. The van der Waals surface area contributed by atoms with Crippen LogP contribution in [0.25, 0.3) is 0 Å². The van der Waals surface area contributed by atoms with Crippen molar-refractivity contribution in [2.45, 2.75) is 58.3 Å². The van der Waals surface area contributed by atoms with E-state index < -0.39 is 0 Å². The van der Waals surface area contributed by atoms with Crippen LogP contribution in [0.15, 0.2) is 66.2 Å².